The van der Waals surface area contributed by atoms with Gasteiger partial charge in [0, 0.05) is 16.7 Å². The van der Waals surface area contributed by atoms with Crippen molar-refractivity contribution in [2.24, 2.45) is 0 Å². The topological polar surface area (TPSA) is 12.9 Å². The average Bonchev–Trinajstić information content (AvgIpc) is 2.87. The number of rotatable bonds is 4. The fourth-order valence-corrected chi connectivity index (χ4v) is 2.69. The lowest BCUT2D eigenvalue weighted by Crippen LogP contribution is -1.90. The van der Waals surface area contributed by atoms with Gasteiger partial charge in [-0.3, -0.25) is 0 Å². The summed E-state index contributed by atoms with van der Waals surface area (Å²) in [4.78, 5) is 4.54. The van der Waals surface area contributed by atoms with Crippen LogP contribution in [0.2, 0.25) is 0 Å². The SMILES string of the molecule is CCC(C)c1ccc(-c2csc(CS)n2)cc1. The highest BCUT2D eigenvalue weighted by atomic mass is 32.1. The zero-order valence-electron chi connectivity index (χ0n) is 10.2. The minimum atomic E-state index is 0.632. The highest BCUT2D eigenvalue weighted by Gasteiger charge is 2.06. The van der Waals surface area contributed by atoms with Crippen molar-refractivity contribution < 1.29 is 0 Å². The molecular formula is C14H17NS2. The first-order valence-corrected chi connectivity index (χ1v) is 7.41. The van der Waals surface area contributed by atoms with E-state index in [2.05, 4.69) is 61.1 Å². The zero-order chi connectivity index (χ0) is 12.3. The van der Waals surface area contributed by atoms with E-state index in [1.165, 1.54) is 17.5 Å². The normalized spacial score (nSPS) is 12.6. The van der Waals surface area contributed by atoms with Gasteiger partial charge in [0.05, 0.1) is 5.69 Å². The molecule has 1 unspecified atom stereocenters. The molecule has 0 aliphatic rings. The van der Waals surface area contributed by atoms with Gasteiger partial charge in [-0.1, -0.05) is 38.1 Å². The Labute approximate surface area is 112 Å². The fourth-order valence-electron chi connectivity index (χ4n) is 1.73. The Hall–Kier alpha value is -0.800. The molecule has 0 spiro atoms. The van der Waals surface area contributed by atoms with E-state index in [1.54, 1.807) is 11.3 Å². The van der Waals surface area contributed by atoms with Crippen molar-refractivity contribution in [1.29, 1.82) is 0 Å². The molecule has 0 aliphatic heterocycles. The largest absolute Gasteiger partial charge is 0.240 e. The highest BCUT2D eigenvalue weighted by Crippen LogP contribution is 2.25. The van der Waals surface area contributed by atoms with Gasteiger partial charge in [0.15, 0.2) is 0 Å². The molecule has 17 heavy (non-hydrogen) atoms. The van der Waals surface area contributed by atoms with E-state index in [-0.39, 0.29) is 0 Å². The van der Waals surface area contributed by atoms with E-state index in [4.69, 9.17) is 0 Å². The Morgan fingerprint density at radius 1 is 1.29 bits per heavy atom. The third-order valence-electron chi connectivity index (χ3n) is 3.07. The van der Waals surface area contributed by atoms with Crippen LogP contribution < -0.4 is 0 Å². The monoisotopic (exact) mass is 263 g/mol. The molecule has 0 fully saturated rings. The second-order valence-corrected chi connectivity index (χ2v) is 5.47. The lowest BCUT2D eigenvalue weighted by atomic mass is 9.97. The Morgan fingerprint density at radius 3 is 2.53 bits per heavy atom. The van der Waals surface area contributed by atoms with Crippen molar-refractivity contribution in [3.05, 3.63) is 40.2 Å². The maximum absolute atomic E-state index is 4.54. The number of nitrogens with zero attached hydrogens (tertiary/aromatic N) is 1. The van der Waals surface area contributed by atoms with Crippen LogP contribution in [0.25, 0.3) is 11.3 Å². The average molecular weight is 263 g/mol. The minimum absolute atomic E-state index is 0.632. The van der Waals surface area contributed by atoms with E-state index in [0.717, 1.165) is 16.5 Å². The van der Waals surface area contributed by atoms with Crippen LogP contribution in [-0.4, -0.2) is 4.98 Å². The molecule has 1 heterocycles. The van der Waals surface area contributed by atoms with Crippen molar-refractivity contribution >= 4 is 24.0 Å². The molecule has 1 atom stereocenters. The molecule has 3 heteroatoms. The van der Waals surface area contributed by atoms with Gasteiger partial charge in [0.25, 0.3) is 0 Å². The van der Waals surface area contributed by atoms with Crippen LogP contribution in [-0.2, 0) is 5.75 Å². The molecular weight excluding hydrogens is 246 g/mol. The van der Waals surface area contributed by atoms with Gasteiger partial charge in [-0.05, 0) is 17.9 Å². The van der Waals surface area contributed by atoms with Gasteiger partial charge in [-0.15, -0.1) is 11.3 Å². The number of thiol groups is 1. The van der Waals surface area contributed by atoms with E-state index in [9.17, 15) is 0 Å². The third kappa shape index (κ3) is 2.90. The summed E-state index contributed by atoms with van der Waals surface area (Å²) in [6, 6.07) is 8.75. The van der Waals surface area contributed by atoms with Crippen molar-refractivity contribution in [3.63, 3.8) is 0 Å². The van der Waals surface area contributed by atoms with Gasteiger partial charge >= 0.3 is 0 Å². The molecule has 1 aromatic carbocycles. The number of benzene rings is 1. The standard InChI is InChI=1S/C14H17NS2/c1-3-10(2)11-4-6-12(7-5-11)13-9-17-14(8-16)15-13/h4-7,9-10,16H,3,8H2,1-2H3. The summed E-state index contributed by atoms with van der Waals surface area (Å²) in [5, 5.41) is 3.18. The van der Waals surface area contributed by atoms with E-state index in [0.29, 0.717) is 5.92 Å². The summed E-state index contributed by atoms with van der Waals surface area (Å²) in [6.45, 7) is 4.48. The van der Waals surface area contributed by atoms with Crippen LogP contribution in [0.3, 0.4) is 0 Å². The van der Waals surface area contributed by atoms with Gasteiger partial charge in [0.1, 0.15) is 5.01 Å². The highest BCUT2D eigenvalue weighted by molar-refractivity contribution is 7.79. The number of hydrogen-bond acceptors (Lipinski definition) is 3. The van der Waals surface area contributed by atoms with Gasteiger partial charge in [-0.2, -0.15) is 12.6 Å². The maximum Gasteiger partial charge on any atom is 0.103 e. The molecule has 0 amide bonds. The Bertz CT molecular complexity index is 473. The van der Waals surface area contributed by atoms with E-state index in [1.807, 2.05) is 0 Å². The van der Waals surface area contributed by atoms with E-state index < -0.39 is 0 Å². The van der Waals surface area contributed by atoms with Crippen molar-refractivity contribution in [1.82, 2.24) is 4.98 Å². The fraction of sp³-hybridized carbons (Fsp3) is 0.357. The number of aromatic nitrogens is 1. The predicted molar refractivity (Wildman–Crippen MR) is 78.9 cm³/mol. The van der Waals surface area contributed by atoms with Crippen LogP contribution in [0.15, 0.2) is 29.6 Å². The molecule has 0 saturated carbocycles. The minimum Gasteiger partial charge on any atom is -0.240 e. The van der Waals surface area contributed by atoms with Gasteiger partial charge < -0.3 is 0 Å². The molecule has 0 N–H and O–H groups in total. The van der Waals surface area contributed by atoms with Crippen LogP contribution >= 0.6 is 24.0 Å². The number of thiazole rings is 1. The Balaban J connectivity index is 2.22. The summed E-state index contributed by atoms with van der Waals surface area (Å²) < 4.78 is 0. The van der Waals surface area contributed by atoms with Crippen LogP contribution in [0, 0.1) is 0 Å². The molecule has 2 rings (SSSR count). The molecule has 2 aromatic rings. The second-order valence-electron chi connectivity index (χ2n) is 4.22. The first-order chi connectivity index (χ1) is 8.24. The Morgan fingerprint density at radius 2 is 2.00 bits per heavy atom. The molecule has 0 saturated heterocycles. The van der Waals surface area contributed by atoms with E-state index >= 15 is 0 Å². The quantitative estimate of drug-likeness (QED) is 0.785. The molecule has 0 bridgehead atoms. The lowest BCUT2D eigenvalue weighted by Gasteiger charge is -2.08. The molecule has 1 aromatic heterocycles. The predicted octanol–water partition coefficient (Wildman–Crippen LogP) is 4.75. The van der Waals surface area contributed by atoms with Crippen LogP contribution in [0.4, 0.5) is 0 Å². The zero-order valence-corrected chi connectivity index (χ0v) is 11.9. The third-order valence-corrected chi connectivity index (χ3v) is 4.44. The van der Waals surface area contributed by atoms with Crippen molar-refractivity contribution in [3.8, 4) is 11.3 Å². The van der Waals surface area contributed by atoms with Crippen LogP contribution in [0.1, 0.15) is 36.8 Å². The number of hydrogen-bond donors (Lipinski definition) is 1. The first kappa shape index (κ1) is 12.7. The summed E-state index contributed by atoms with van der Waals surface area (Å²) in [6.07, 6.45) is 1.18. The van der Waals surface area contributed by atoms with Crippen molar-refractivity contribution in [2.45, 2.75) is 31.9 Å². The maximum atomic E-state index is 4.54. The summed E-state index contributed by atoms with van der Waals surface area (Å²) >= 11 is 5.91. The molecule has 0 radical (unpaired) electrons. The first-order valence-electron chi connectivity index (χ1n) is 5.90. The molecule has 0 aliphatic carbocycles. The van der Waals surface area contributed by atoms with Crippen molar-refractivity contribution in [2.75, 3.05) is 0 Å². The smallest absolute Gasteiger partial charge is 0.103 e. The van der Waals surface area contributed by atoms with Gasteiger partial charge in [0.2, 0.25) is 0 Å². The second kappa shape index (κ2) is 5.69. The van der Waals surface area contributed by atoms with Gasteiger partial charge in [-0.25, -0.2) is 4.98 Å². The molecule has 90 valence electrons. The summed E-state index contributed by atoms with van der Waals surface area (Å²) in [5.74, 6) is 1.35. The summed E-state index contributed by atoms with van der Waals surface area (Å²) in [5.41, 5.74) is 3.66. The lowest BCUT2D eigenvalue weighted by molar-refractivity contribution is 0.734. The summed E-state index contributed by atoms with van der Waals surface area (Å²) in [7, 11) is 0. The Kier molecular flexibility index (Phi) is 4.24. The molecule has 1 nitrogen and oxygen atoms in total. The van der Waals surface area contributed by atoms with Crippen LogP contribution in [0.5, 0.6) is 0 Å².